The molecule has 0 aliphatic carbocycles. The van der Waals surface area contributed by atoms with Gasteiger partial charge >= 0.3 is 0 Å². The van der Waals surface area contributed by atoms with Crippen LogP contribution in [0.5, 0.6) is 11.5 Å². The van der Waals surface area contributed by atoms with Gasteiger partial charge in [-0.3, -0.25) is 9.69 Å². The minimum Gasteiger partial charge on any atom is -0.486 e. The molecule has 0 radical (unpaired) electrons. The number of fused-ring (bicyclic) bond motifs is 1. The van der Waals surface area contributed by atoms with E-state index in [0.717, 1.165) is 49.5 Å². The number of hydrogen-bond acceptors (Lipinski definition) is 4. The first-order valence-electron chi connectivity index (χ1n) is 10.6. The molecule has 154 valence electrons. The Morgan fingerprint density at radius 2 is 1.76 bits per heavy atom. The summed E-state index contributed by atoms with van der Waals surface area (Å²) in [6, 6.07) is 14.6. The zero-order valence-corrected chi connectivity index (χ0v) is 17.3. The predicted octanol–water partition coefficient (Wildman–Crippen LogP) is 3.86. The van der Waals surface area contributed by atoms with Gasteiger partial charge in [-0.05, 0) is 63.0 Å². The minimum atomic E-state index is -0.0519. The Bertz CT molecular complexity index is 842. The summed E-state index contributed by atoms with van der Waals surface area (Å²) in [6.45, 7) is 8.17. The number of carbonyl (C=O) groups is 1. The van der Waals surface area contributed by atoms with Crippen molar-refractivity contribution in [3.63, 3.8) is 0 Å². The van der Waals surface area contributed by atoms with Gasteiger partial charge < -0.3 is 14.8 Å². The van der Waals surface area contributed by atoms with Gasteiger partial charge in [0, 0.05) is 12.5 Å². The molecule has 0 saturated carbocycles. The molecule has 2 aromatic rings. The van der Waals surface area contributed by atoms with Crippen molar-refractivity contribution in [3.8, 4) is 11.5 Å². The molecule has 5 heteroatoms. The summed E-state index contributed by atoms with van der Waals surface area (Å²) < 4.78 is 11.2. The Labute approximate surface area is 173 Å². The molecule has 29 heavy (non-hydrogen) atoms. The third-order valence-corrected chi connectivity index (χ3v) is 5.91. The molecule has 1 unspecified atom stereocenters. The van der Waals surface area contributed by atoms with E-state index in [4.69, 9.17) is 9.47 Å². The van der Waals surface area contributed by atoms with Crippen molar-refractivity contribution in [1.82, 2.24) is 10.2 Å². The van der Waals surface area contributed by atoms with E-state index >= 15 is 0 Å². The number of hydrogen-bond donors (Lipinski definition) is 1. The van der Waals surface area contributed by atoms with E-state index in [9.17, 15) is 4.79 Å². The van der Waals surface area contributed by atoms with Gasteiger partial charge in [0.1, 0.15) is 13.2 Å². The summed E-state index contributed by atoms with van der Waals surface area (Å²) in [7, 11) is 0. The molecule has 0 bridgehead atoms. The highest BCUT2D eigenvalue weighted by Gasteiger charge is 2.26. The number of nitrogens with zero attached hydrogens (tertiary/aromatic N) is 1. The topological polar surface area (TPSA) is 50.8 Å². The summed E-state index contributed by atoms with van der Waals surface area (Å²) in [4.78, 5) is 15.2. The fourth-order valence-corrected chi connectivity index (χ4v) is 4.05. The van der Waals surface area contributed by atoms with Crippen LogP contribution in [0.1, 0.15) is 42.5 Å². The number of piperidine rings is 1. The van der Waals surface area contributed by atoms with E-state index in [1.54, 1.807) is 0 Å². The van der Waals surface area contributed by atoms with Gasteiger partial charge in [-0.15, -0.1) is 0 Å². The van der Waals surface area contributed by atoms with Crippen LogP contribution < -0.4 is 14.8 Å². The zero-order valence-electron chi connectivity index (χ0n) is 17.3. The summed E-state index contributed by atoms with van der Waals surface area (Å²) in [5.41, 5.74) is 3.67. The maximum atomic E-state index is 12.8. The van der Waals surface area contributed by atoms with Crippen LogP contribution in [0.3, 0.4) is 0 Å². The van der Waals surface area contributed by atoms with Gasteiger partial charge in [0.2, 0.25) is 5.91 Å². The van der Waals surface area contributed by atoms with Crippen molar-refractivity contribution in [2.24, 2.45) is 5.92 Å². The first-order chi connectivity index (χ1) is 14.1. The molecule has 2 aliphatic heterocycles. The molecule has 0 spiro atoms. The molecule has 2 aromatic carbocycles. The van der Waals surface area contributed by atoms with Crippen molar-refractivity contribution in [3.05, 3.63) is 59.2 Å². The first kappa shape index (κ1) is 19.8. The lowest BCUT2D eigenvalue weighted by molar-refractivity contribution is -0.127. The van der Waals surface area contributed by atoms with Crippen molar-refractivity contribution >= 4 is 5.91 Å². The molecule has 1 amide bonds. The highest BCUT2D eigenvalue weighted by molar-refractivity contribution is 5.79. The largest absolute Gasteiger partial charge is 0.486 e. The highest BCUT2D eigenvalue weighted by Crippen LogP contribution is 2.32. The van der Waals surface area contributed by atoms with Gasteiger partial charge in [-0.2, -0.15) is 0 Å². The molecule has 4 rings (SSSR count). The summed E-state index contributed by atoms with van der Waals surface area (Å²) >= 11 is 0. The van der Waals surface area contributed by atoms with E-state index in [2.05, 4.69) is 41.4 Å². The van der Waals surface area contributed by atoms with Gasteiger partial charge in [-0.25, -0.2) is 0 Å². The molecule has 1 N–H and O–H groups in total. The van der Waals surface area contributed by atoms with E-state index < -0.39 is 0 Å². The minimum absolute atomic E-state index is 0.0519. The number of ether oxygens (including phenoxy) is 2. The summed E-state index contributed by atoms with van der Waals surface area (Å²) in [5.74, 6) is 1.78. The lowest BCUT2D eigenvalue weighted by Crippen LogP contribution is -2.40. The molecule has 2 aliphatic rings. The number of aryl methyl sites for hydroxylation is 1. The smallest absolute Gasteiger partial charge is 0.223 e. The third kappa shape index (κ3) is 4.91. The predicted molar refractivity (Wildman–Crippen MR) is 113 cm³/mol. The van der Waals surface area contributed by atoms with Crippen LogP contribution in [0.2, 0.25) is 0 Å². The molecule has 1 fully saturated rings. The molecule has 1 saturated heterocycles. The van der Waals surface area contributed by atoms with E-state index in [0.29, 0.717) is 13.2 Å². The number of benzene rings is 2. The lowest BCUT2D eigenvalue weighted by atomic mass is 9.94. The fraction of sp³-hybridized carbons (Fsp3) is 0.458. The Morgan fingerprint density at radius 1 is 1.07 bits per heavy atom. The Kier molecular flexibility index (Phi) is 6.05. The number of carbonyl (C=O) groups excluding carboxylic acids is 1. The van der Waals surface area contributed by atoms with Gasteiger partial charge in [0.25, 0.3) is 0 Å². The monoisotopic (exact) mass is 394 g/mol. The average Bonchev–Trinajstić information content (AvgIpc) is 2.75. The Hall–Kier alpha value is -2.53. The molecule has 5 nitrogen and oxygen atoms in total. The average molecular weight is 395 g/mol. The van der Waals surface area contributed by atoms with Gasteiger partial charge in [-0.1, -0.05) is 35.9 Å². The van der Waals surface area contributed by atoms with Crippen LogP contribution in [0.25, 0.3) is 0 Å². The van der Waals surface area contributed by atoms with Crippen LogP contribution in [0, 0.1) is 12.8 Å². The SMILES string of the molecule is Cc1ccc(CN2CCC(C(=O)NC(C)c3ccc4c(c3)OCCO4)CC2)cc1. The summed E-state index contributed by atoms with van der Waals surface area (Å²) in [5, 5.41) is 3.19. The quantitative estimate of drug-likeness (QED) is 0.837. The molecular formula is C24H30N2O3. The molecule has 2 heterocycles. The van der Waals surface area contributed by atoms with Crippen LogP contribution in [0.4, 0.5) is 0 Å². The number of amides is 1. The maximum absolute atomic E-state index is 12.8. The standard InChI is InChI=1S/C24H30N2O3/c1-17-3-5-19(6-4-17)16-26-11-9-20(10-12-26)24(27)25-18(2)21-7-8-22-23(15-21)29-14-13-28-22/h3-8,15,18,20H,9-14,16H2,1-2H3,(H,25,27). The normalized spacial score (nSPS) is 18.3. The zero-order chi connectivity index (χ0) is 20.2. The second-order valence-corrected chi connectivity index (χ2v) is 8.17. The fourth-order valence-electron chi connectivity index (χ4n) is 4.05. The Balaban J connectivity index is 1.27. The van der Waals surface area contributed by atoms with Crippen LogP contribution in [-0.4, -0.2) is 37.1 Å². The van der Waals surface area contributed by atoms with Crippen LogP contribution in [0.15, 0.2) is 42.5 Å². The van der Waals surface area contributed by atoms with E-state index in [1.165, 1.54) is 11.1 Å². The van der Waals surface area contributed by atoms with Crippen molar-refractivity contribution in [2.75, 3.05) is 26.3 Å². The van der Waals surface area contributed by atoms with E-state index in [1.807, 2.05) is 25.1 Å². The van der Waals surface area contributed by atoms with Gasteiger partial charge in [0.15, 0.2) is 11.5 Å². The maximum Gasteiger partial charge on any atom is 0.223 e. The highest BCUT2D eigenvalue weighted by atomic mass is 16.6. The van der Waals surface area contributed by atoms with E-state index in [-0.39, 0.29) is 17.9 Å². The van der Waals surface area contributed by atoms with Crippen LogP contribution >= 0.6 is 0 Å². The number of likely N-dealkylation sites (tertiary alicyclic amines) is 1. The second kappa shape index (κ2) is 8.87. The van der Waals surface area contributed by atoms with Crippen molar-refractivity contribution < 1.29 is 14.3 Å². The molecule has 0 aromatic heterocycles. The lowest BCUT2D eigenvalue weighted by Gasteiger charge is -2.32. The second-order valence-electron chi connectivity index (χ2n) is 8.17. The number of nitrogens with one attached hydrogen (secondary N) is 1. The first-order valence-corrected chi connectivity index (χ1v) is 10.6. The molecular weight excluding hydrogens is 364 g/mol. The van der Waals surface area contributed by atoms with Crippen LogP contribution in [-0.2, 0) is 11.3 Å². The van der Waals surface area contributed by atoms with Crippen molar-refractivity contribution in [2.45, 2.75) is 39.3 Å². The molecule has 1 atom stereocenters. The third-order valence-electron chi connectivity index (χ3n) is 5.91. The summed E-state index contributed by atoms with van der Waals surface area (Å²) in [6.07, 6.45) is 1.82. The van der Waals surface area contributed by atoms with Gasteiger partial charge in [0.05, 0.1) is 6.04 Å². The van der Waals surface area contributed by atoms with Crippen molar-refractivity contribution in [1.29, 1.82) is 0 Å². The Morgan fingerprint density at radius 3 is 2.48 bits per heavy atom. The number of rotatable bonds is 5.